The number of hydrogen-bond donors (Lipinski definition) is 1. The van der Waals surface area contributed by atoms with E-state index in [2.05, 4.69) is 60.1 Å². The molecule has 1 fully saturated rings. The summed E-state index contributed by atoms with van der Waals surface area (Å²) in [5.41, 5.74) is 5.17. The number of nitrogens with zero attached hydrogens (tertiary/aromatic N) is 2. The van der Waals surface area contributed by atoms with Gasteiger partial charge in [-0.1, -0.05) is 43.7 Å². The number of H-pyrrole nitrogens is 1. The van der Waals surface area contributed by atoms with E-state index in [9.17, 15) is 0 Å². The van der Waals surface area contributed by atoms with Crippen LogP contribution in [0.5, 0.6) is 0 Å². The molecule has 22 heavy (non-hydrogen) atoms. The molecule has 118 valence electrons. The average Bonchev–Trinajstić information content (AvgIpc) is 2.97. The van der Waals surface area contributed by atoms with E-state index < -0.39 is 0 Å². The van der Waals surface area contributed by atoms with Gasteiger partial charge in [0.2, 0.25) is 0 Å². The van der Waals surface area contributed by atoms with Gasteiger partial charge in [0, 0.05) is 30.3 Å². The third-order valence-electron chi connectivity index (χ3n) is 4.57. The van der Waals surface area contributed by atoms with Crippen molar-refractivity contribution in [2.45, 2.75) is 39.5 Å². The van der Waals surface area contributed by atoms with Crippen molar-refractivity contribution >= 4 is 0 Å². The van der Waals surface area contributed by atoms with Gasteiger partial charge in [0.05, 0.1) is 6.20 Å². The van der Waals surface area contributed by atoms with Crippen LogP contribution in [0.25, 0.3) is 11.1 Å². The molecule has 0 saturated carbocycles. The van der Waals surface area contributed by atoms with Crippen LogP contribution in [-0.4, -0.2) is 34.7 Å². The molecule has 1 aromatic carbocycles. The topological polar surface area (TPSA) is 31.9 Å². The van der Waals surface area contributed by atoms with Gasteiger partial charge in [-0.2, -0.15) is 5.10 Å². The minimum atomic E-state index is 0.575. The molecule has 1 atom stereocenters. The number of aromatic amines is 1. The van der Waals surface area contributed by atoms with Crippen molar-refractivity contribution < 1.29 is 0 Å². The van der Waals surface area contributed by atoms with Crippen LogP contribution >= 0.6 is 0 Å². The zero-order valence-electron chi connectivity index (χ0n) is 14.0. The second-order valence-electron chi connectivity index (χ2n) is 7.06. The third-order valence-corrected chi connectivity index (χ3v) is 4.57. The predicted molar refractivity (Wildman–Crippen MR) is 92.0 cm³/mol. The Balaban J connectivity index is 1.80. The molecule has 1 aliphatic rings. The second-order valence-corrected chi connectivity index (χ2v) is 7.06. The quantitative estimate of drug-likeness (QED) is 0.916. The number of hydrogen-bond acceptors (Lipinski definition) is 2. The highest BCUT2D eigenvalue weighted by Gasteiger charge is 2.25. The summed E-state index contributed by atoms with van der Waals surface area (Å²) in [5.74, 6) is 1.31. The van der Waals surface area contributed by atoms with E-state index in [4.69, 9.17) is 0 Å². The molecule has 1 saturated heterocycles. The SMILES string of the molecule is Cc1ccc(-c2cn[nH]c2[C@@H]2CCCN(CC(C)C)C2)cc1. The molecule has 1 aliphatic heterocycles. The highest BCUT2D eigenvalue weighted by Crippen LogP contribution is 2.33. The van der Waals surface area contributed by atoms with Gasteiger partial charge in [0.15, 0.2) is 0 Å². The van der Waals surface area contributed by atoms with Crippen LogP contribution in [0.15, 0.2) is 30.5 Å². The highest BCUT2D eigenvalue weighted by molar-refractivity contribution is 5.66. The summed E-state index contributed by atoms with van der Waals surface area (Å²) in [6.07, 6.45) is 4.53. The van der Waals surface area contributed by atoms with Crippen molar-refractivity contribution in [3.05, 3.63) is 41.7 Å². The molecule has 0 aliphatic carbocycles. The minimum absolute atomic E-state index is 0.575. The highest BCUT2D eigenvalue weighted by atomic mass is 15.2. The summed E-state index contributed by atoms with van der Waals surface area (Å²) in [6, 6.07) is 8.77. The van der Waals surface area contributed by atoms with E-state index in [1.807, 2.05) is 6.20 Å². The number of nitrogens with one attached hydrogen (secondary N) is 1. The lowest BCUT2D eigenvalue weighted by Gasteiger charge is -2.33. The normalized spacial score (nSPS) is 19.7. The van der Waals surface area contributed by atoms with Gasteiger partial charge in [-0.3, -0.25) is 5.10 Å². The lowest BCUT2D eigenvalue weighted by Crippen LogP contribution is -2.37. The fourth-order valence-corrected chi connectivity index (χ4v) is 3.54. The first kappa shape index (κ1) is 15.3. The Kier molecular flexibility index (Phi) is 4.63. The van der Waals surface area contributed by atoms with Crippen LogP contribution < -0.4 is 0 Å². The standard InChI is InChI=1S/C19H27N3/c1-14(2)12-22-10-4-5-17(13-22)19-18(11-20-21-19)16-8-6-15(3)7-9-16/h6-9,11,14,17H,4-5,10,12-13H2,1-3H3,(H,20,21)/t17-/m1/s1. The molecule has 0 spiro atoms. The Labute approximate surface area is 133 Å². The summed E-state index contributed by atoms with van der Waals surface area (Å²) < 4.78 is 0. The Morgan fingerprint density at radius 2 is 2.05 bits per heavy atom. The van der Waals surface area contributed by atoms with Crippen molar-refractivity contribution in [2.75, 3.05) is 19.6 Å². The van der Waals surface area contributed by atoms with E-state index in [1.54, 1.807) is 0 Å². The maximum Gasteiger partial charge on any atom is 0.0568 e. The molecule has 1 N–H and O–H groups in total. The molecule has 2 aromatic rings. The number of aromatic nitrogens is 2. The summed E-state index contributed by atoms with van der Waals surface area (Å²) in [7, 11) is 0. The molecule has 3 nitrogen and oxygen atoms in total. The lowest BCUT2D eigenvalue weighted by atomic mass is 9.90. The average molecular weight is 297 g/mol. The second kappa shape index (κ2) is 6.66. The molecular formula is C19H27N3. The summed E-state index contributed by atoms with van der Waals surface area (Å²) in [6.45, 7) is 10.3. The summed E-state index contributed by atoms with van der Waals surface area (Å²) in [5, 5.41) is 7.62. The number of benzene rings is 1. The van der Waals surface area contributed by atoms with Crippen molar-refractivity contribution in [1.82, 2.24) is 15.1 Å². The molecular weight excluding hydrogens is 270 g/mol. The van der Waals surface area contributed by atoms with E-state index in [-0.39, 0.29) is 0 Å². The molecule has 0 unspecified atom stereocenters. The number of rotatable bonds is 4. The molecule has 2 heterocycles. The van der Waals surface area contributed by atoms with Gasteiger partial charge in [-0.15, -0.1) is 0 Å². The third kappa shape index (κ3) is 3.41. The Bertz CT molecular complexity index is 597. The first-order chi connectivity index (χ1) is 10.6. The van der Waals surface area contributed by atoms with Crippen molar-refractivity contribution in [3.63, 3.8) is 0 Å². The largest absolute Gasteiger partial charge is 0.302 e. The summed E-state index contributed by atoms with van der Waals surface area (Å²) >= 11 is 0. The Morgan fingerprint density at radius 3 is 2.77 bits per heavy atom. The Hall–Kier alpha value is -1.61. The monoisotopic (exact) mass is 297 g/mol. The van der Waals surface area contributed by atoms with Gasteiger partial charge in [0.1, 0.15) is 0 Å². The van der Waals surface area contributed by atoms with Gasteiger partial charge in [-0.05, 0) is 37.8 Å². The fraction of sp³-hybridized carbons (Fsp3) is 0.526. The van der Waals surface area contributed by atoms with E-state index in [1.165, 1.54) is 48.3 Å². The number of aryl methyl sites for hydroxylation is 1. The van der Waals surface area contributed by atoms with E-state index in [0.717, 1.165) is 12.5 Å². The zero-order valence-corrected chi connectivity index (χ0v) is 14.0. The van der Waals surface area contributed by atoms with E-state index >= 15 is 0 Å². The molecule has 0 amide bonds. The maximum absolute atomic E-state index is 4.34. The van der Waals surface area contributed by atoms with E-state index in [0.29, 0.717) is 5.92 Å². The molecule has 1 aromatic heterocycles. The number of piperidine rings is 1. The molecule has 0 bridgehead atoms. The van der Waals surface area contributed by atoms with Gasteiger partial charge < -0.3 is 4.90 Å². The minimum Gasteiger partial charge on any atom is -0.302 e. The summed E-state index contributed by atoms with van der Waals surface area (Å²) in [4.78, 5) is 2.61. The number of likely N-dealkylation sites (tertiary alicyclic amines) is 1. The maximum atomic E-state index is 4.34. The first-order valence-electron chi connectivity index (χ1n) is 8.46. The predicted octanol–water partition coefficient (Wildman–Crippen LogP) is 4.22. The van der Waals surface area contributed by atoms with Crippen LogP contribution in [0.2, 0.25) is 0 Å². The van der Waals surface area contributed by atoms with Crippen molar-refractivity contribution in [2.24, 2.45) is 5.92 Å². The van der Waals surface area contributed by atoms with Crippen LogP contribution in [0.3, 0.4) is 0 Å². The Morgan fingerprint density at radius 1 is 1.27 bits per heavy atom. The van der Waals surface area contributed by atoms with Crippen LogP contribution in [0, 0.1) is 12.8 Å². The van der Waals surface area contributed by atoms with Gasteiger partial charge >= 0.3 is 0 Å². The van der Waals surface area contributed by atoms with Gasteiger partial charge in [-0.25, -0.2) is 0 Å². The smallest absolute Gasteiger partial charge is 0.0568 e. The fourth-order valence-electron chi connectivity index (χ4n) is 3.54. The van der Waals surface area contributed by atoms with Gasteiger partial charge in [0.25, 0.3) is 0 Å². The van der Waals surface area contributed by atoms with Crippen molar-refractivity contribution in [3.8, 4) is 11.1 Å². The lowest BCUT2D eigenvalue weighted by molar-refractivity contribution is 0.186. The van der Waals surface area contributed by atoms with Crippen molar-refractivity contribution in [1.29, 1.82) is 0 Å². The van der Waals surface area contributed by atoms with Crippen LogP contribution in [0.4, 0.5) is 0 Å². The van der Waals surface area contributed by atoms with Crippen LogP contribution in [0.1, 0.15) is 43.9 Å². The molecule has 3 heteroatoms. The molecule has 3 rings (SSSR count). The van der Waals surface area contributed by atoms with Crippen LogP contribution in [-0.2, 0) is 0 Å². The molecule has 0 radical (unpaired) electrons. The first-order valence-corrected chi connectivity index (χ1v) is 8.46. The zero-order chi connectivity index (χ0) is 15.5.